The van der Waals surface area contributed by atoms with Gasteiger partial charge in [0.25, 0.3) is 11.5 Å². The van der Waals surface area contributed by atoms with Crippen LogP contribution in [0.4, 0.5) is 9.52 Å². The SMILES string of the molecule is CC1CCN(c2nn3c(C(=O)NCc4cccc(F)c4)cc(=O)nc3s2)CC1. The zero-order chi connectivity index (χ0) is 19.7. The van der Waals surface area contributed by atoms with Crippen molar-refractivity contribution in [1.29, 1.82) is 0 Å². The summed E-state index contributed by atoms with van der Waals surface area (Å²) in [7, 11) is 0. The summed E-state index contributed by atoms with van der Waals surface area (Å²) in [6.45, 7) is 4.17. The molecule has 0 aliphatic carbocycles. The van der Waals surface area contributed by atoms with Crippen molar-refractivity contribution in [3.05, 3.63) is 57.8 Å². The molecule has 1 N–H and O–H groups in total. The topological polar surface area (TPSA) is 79.6 Å². The highest BCUT2D eigenvalue weighted by molar-refractivity contribution is 7.20. The van der Waals surface area contributed by atoms with Crippen LogP contribution in [0.5, 0.6) is 0 Å². The molecule has 0 spiro atoms. The first-order valence-corrected chi connectivity index (χ1v) is 10.00. The van der Waals surface area contributed by atoms with Gasteiger partial charge in [-0.2, -0.15) is 9.50 Å². The number of piperidine rings is 1. The van der Waals surface area contributed by atoms with E-state index >= 15 is 0 Å². The predicted molar refractivity (Wildman–Crippen MR) is 105 cm³/mol. The molecule has 3 heterocycles. The fraction of sp³-hybridized carbons (Fsp3) is 0.368. The number of nitrogens with zero attached hydrogens (tertiary/aromatic N) is 4. The first kappa shape index (κ1) is 18.5. The highest BCUT2D eigenvalue weighted by Gasteiger charge is 2.21. The third kappa shape index (κ3) is 3.89. The number of rotatable bonds is 4. The number of anilines is 1. The molecule has 2 aromatic heterocycles. The Kier molecular flexibility index (Phi) is 5.08. The third-order valence-electron chi connectivity index (χ3n) is 4.87. The van der Waals surface area contributed by atoms with Gasteiger partial charge in [0.15, 0.2) is 0 Å². The van der Waals surface area contributed by atoms with Gasteiger partial charge in [-0.25, -0.2) is 4.39 Å². The van der Waals surface area contributed by atoms with E-state index in [1.165, 1.54) is 34.1 Å². The van der Waals surface area contributed by atoms with E-state index in [9.17, 15) is 14.0 Å². The molecule has 1 aliphatic heterocycles. The smallest absolute Gasteiger partial charge is 0.274 e. The van der Waals surface area contributed by atoms with Crippen LogP contribution in [0.1, 0.15) is 35.8 Å². The number of carbonyl (C=O) groups is 1. The molecule has 9 heteroatoms. The Bertz CT molecular complexity index is 1070. The van der Waals surface area contributed by atoms with Gasteiger partial charge in [-0.1, -0.05) is 30.4 Å². The molecule has 1 fully saturated rings. The largest absolute Gasteiger partial charge is 0.347 e. The van der Waals surface area contributed by atoms with Crippen LogP contribution in [0.2, 0.25) is 0 Å². The lowest BCUT2D eigenvalue weighted by atomic mass is 10.00. The summed E-state index contributed by atoms with van der Waals surface area (Å²) in [5.41, 5.74) is 0.269. The molecular weight excluding hydrogens is 381 g/mol. The Labute approximate surface area is 164 Å². The van der Waals surface area contributed by atoms with Gasteiger partial charge in [-0.3, -0.25) is 9.59 Å². The van der Waals surface area contributed by atoms with E-state index in [0.717, 1.165) is 31.1 Å². The first-order valence-electron chi connectivity index (χ1n) is 9.18. The van der Waals surface area contributed by atoms with Crippen molar-refractivity contribution in [2.75, 3.05) is 18.0 Å². The number of halogens is 1. The van der Waals surface area contributed by atoms with Gasteiger partial charge in [0, 0.05) is 25.7 Å². The van der Waals surface area contributed by atoms with Gasteiger partial charge >= 0.3 is 0 Å². The monoisotopic (exact) mass is 401 g/mol. The molecule has 28 heavy (non-hydrogen) atoms. The average Bonchev–Trinajstić information content (AvgIpc) is 3.10. The Morgan fingerprint density at radius 3 is 2.86 bits per heavy atom. The van der Waals surface area contributed by atoms with Crippen molar-refractivity contribution in [1.82, 2.24) is 19.9 Å². The van der Waals surface area contributed by atoms with E-state index in [0.29, 0.717) is 16.4 Å². The molecule has 0 unspecified atom stereocenters. The Hall–Kier alpha value is -2.81. The van der Waals surface area contributed by atoms with Crippen LogP contribution >= 0.6 is 11.3 Å². The van der Waals surface area contributed by atoms with Crippen LogP contribution in [0.3, 0.4) is 0 Å². The van der Waals surface area contributed by atoms with Gasteiger partial charge in [0.2, 0.25) is 10.1 Å². The summed E-state index contributed by atoms with van der Waals surface area (Å²) in [4.78, 5) is 31.2. The van der Waals surface area contributed by atoms with Crippen molar-refractivity contribution in [3.63, 3.8) is 0 Å². The molecule has 1 aliphatic rings. The lowest BCUT2D eigenvalue weighted by Gasteiger charge is -2.29. The first-order chi connectivity index (χ1) is 13.5. The Morgan fingerprint density at radius 1 is 1.32 bits per heavy atom. The molecule has 0 radical (unpaired) electrons. The summed E-state index contributed by atoms with van der Waals surface area (Å²) in [5, 5.41) is 8.00. The lowest BCUT2D eigenvalue weighted by molar-refractivity contribution is 0.0943. The molecule has 4 rings (SSSR count). The maximum atomic E-state index is 13.3. The second-order valence-corrected chi connectivity index (χ2v) is 7.98. The molecule has 0 saturated carbocycles. The second kappa shape index (κ2) is 7.67. The van der Waals surface area contributed by atoms with Crippen molar-refractivity contribution in [3.8, 4) is 0 Å². The van der Waals surface area contributed by atoms with Gasteiger partial charge < -0.3 is 10.2 Å². The quantitative estimate of drug-likeness (QED) is 0.727. The van der Waals surface area contributed by atoms with E-state index in [-0.39, 0.29) is 18.1 Å². The fourth-order valence-corrected chi connectivity index (χ4v) is 4.17. The minimum Gasteiger partial charge on any atom is -0.347 e. The molecule has 1 aromatic carbocycles. The van der Waals surface area contributed by atoms with Crippen LogP contribution in [0.25, 0.3) is 4.96 Å². The van der Waals surface area contributed by atoms with E-state index < -0.39 is 11.5 Å². The Morgan fingerprint density at radius 2 is 2.11 bits per heavy atom. The van der Waals surface area contributed by atoms with Gasteiger partial charge in [-0.15, -0.1) is 5.10 Å². The number of hydrogen-bond donors (Lipinski definition) is 1. The van der Waals surface area contributed by atoms with Crippen LogP contribution in [0, 0.1) is 11.7 Å². The van der Waals surface area contributed by atoms with Crippen molar-refractivity contribution in [2.45, 2.75) is 26.3 Å². The van der Waals surface area contributed by atoms with Crippen LogP contribution in [0.15, 0.2) is 35.1 Å². The standard InChI is InChI=1S/C19H20FN5O2S/c1-12-5-7-24(8-6-12)19-23-25-15(10-16(26)22-18(25)28-19)17(27)21-11-13-3-2-4-14(20)9-13/h2-4,9-10,12H,5-8,11H2,1H3,(H,21,27). The number of benzene rings is 1. The van der Waals surface area contributed by atoms with Gasteiger partial charge in [0.05, 0.1) is 0 Å². The molecule has 3 aromatic rings. The van der Waals surface area contributed by atoms with Crippen LogP contribution < -0.4 is 15.8 Å². The zero-order valence-electron chi connectivity index (χ0n) is 15.4. The van der Waals surface area contributed by atoms with Crippen molar-refractivity contribution in [2.24, 2.45) is 5.92 Å². The van der Waals surface area contributed by atoms with Crippen LogP contribution in [-0.2, 0) is 6.54 Å². The summed E-state index contributed by atoms with van der Waals surface area (Å²) < 4.78 is 14.7. The van der Waals surface area contributed by atoms with E-state index in [1.807, 2.05) is 0 Å². The summed E-state index contributed by atoms with van der Waals surface area (Å²) in [5.74, 6) is -0.133. The molecule has 7 nitrogen and oxygen atoms in total. The number of fused-ring (bicyclic) bond motifs is 1. The number of nitrogens with one attached hydrogen (secondary N) is 1. The summed E-state index contributed by atoms with van der Waals surface area (Å²) in [6, 6.07) is 7.17. The zero-order valence-corrected chi connectivity index (χ0v) is 16.2. The minimum absolute atomic E-state index is 0.124. The Balaban J connectivity index is 1.59. The number of aromatic nitrogens is 3. The maximum Gasteiger partial charge on any atom is 0.274 e. The van der Waals surface area contributed by atoms with Gasteiger partial charge in [0.1, 0.15) is 11.5 Å². The molecule has 1 saturated heterocycles. The summed E-state index contributed by atoms with van der Waals surface area (Å²) >= 11 is 1.30. The van der Waals surface area contributed by atoms with E-state index in [2.05, 4.69) is 27.2 Å². The number of hydrogen-bond acceptors (Lipinski definition) is 6. The van der Waals surface area contributed by atoms with E-state index in [1.54, 1.807) is 12.1 Å². The second-order valence-electron chi connectivity index (χ2n) is 7.04. The predicted octanol–water partition coefficient (Wildman–Crippen LogP) is 2.46. The lowest BCUT2D eigenvalue weighted by Crippen LogP contribution is -2.32. The molecular formula is C19H20FN5O2S. The molecule has 1 amide bonds. The van der Waals surface area contributed by atoms with E-state index in [4.69, 9.17) is 0 Å². The summed E-state index contributed by atoms with van der Waals surface area (Å²) in [6.07, 6.45) is 2.17. The normalized spacial score (nSPS) is 15.1. The number of amides is 1. The molecule has 0 atom stereocenters. The average molecular weight is 401 g/mol. The molecule has 0 bridgehead atoms. The minimum atomic E-state index is -0.488. The number of carbonyl (C=O) groups excluding carboxylic acids is 1. The maximum absolute atomic E-state index is 13.3. The van der Waals surface area contributed by atoms with Crippen molar-refractivity contribution < 1.29 is 9.18 Å². The van der Waals surface area contributed by atoms with Gasteiger partial charge in [-0.05, 0) is 36.5 Å². The van der Waals surface area contributed by atoms with Crippen molar-refractivity contribution >= 4 is 27.3 Å². The fourth-order valence-electron chi connectivity index (χ4n) is 3.21. The highest BCUT2D eigenvalue weighted by atomic mass is 32.1. The molecule has 146 valence electrons. The highest BCUT2D eigenvalue weighted by Crippen LogP contribution is 2.27. The third-order valence-corrected chi connectivity index (χ3v) is 5.84. The van der Waals surface area contributed by atoms with Crippen LogP contribution in [-0.4, -0.2) is 33.6 Å².